The van der Waals surface area contributed by atoms with Crippen molar-refractivity contribution >= 4 is 23.5 Å². The van der Waals surface area contributed by atoms with Crippen LogP contribution in [0.3, 0.4) is 0 Å². The van der Waals surface area contributed by atoms with Crippen molar-refractivity contribution in [3.63, 3.8) is 0 Å². The number of carboxylic acids is 1. The van der Waals surface area contributed by atoms with E-state index in [0.717, 1.165) is 0 Å². The van der Waals surface area contributed by atoms with Crippen LogP contribution in [0, 0.1) is 6.92 Å². The number of carbonyl (C=O) groups excluding carboxylic acids is 1. The molecule has 0 aliphatic carbocycles. The number of amides is 1. The number of carboxylic acid groups (broad SMARTS) is 1. The lowest BCUT2D eigenvalue weighted by atomic mass is 10.1. The normalized spacial score (nSPS) is 11.9. The summed E-state index contributed by atoms with van der Waals surface area (Å²) < 4.78 is 0. The van der Waals surface area contributed by atoms with Crippen molar-refractivity contribution in [2.45, 2.75) is 32.7 Å². The molecular formula is C13H16ClNO3. The molecule has 1 aromatic rings. The zero-order valence-corrected chi connectivity index (χ0v) is 11.1. The Labute approximate surface area is 111 Å². The summed E-state index contributed by atoms with van der Waals surface area (Å²) in [5.41, 5.74) is 1.06. The van der Waals surface area contributed by atoms with Crippen molar-refractivity contribution in [2.24, 2.45) is 0 Å². The van der Waals surface area contributed by atoms with E-state index in [-0.39, 0.29) is 0 Å². The maximum atomic E-state index is 12.0. The third-order valence-electron chi connectivity index (χ3n) is 2.69. The van der Waals surface area contributed by atoms with Crippen molar-refractivity contribution in [3.8, 4) is 0 Å². The second kappa shape index (κ2) is 6.40. The van der Waals surface area contributed by atoms with E-state index in [1.54, 1.807) is 25.1 Å². The van der Waals surface area contributed by atoms with Crippen LogP contribution in [0.4, 0.5) is 0 Å². The van der Waals surface area contributed by atoms with Crippen LogP contribution in [-0.4, -0.2) is 23.0 Å². The van der Waals surface area contributed by atoms with Crippen molar-refractivity contribution in [2.75, 3.05) is 0 Å². The molecule has 1 aromatic carbocycles. The Hall–Kier alpha value is -1.55. The molecule has 0 saturated heterocycles. The van der Waals surface area contributed by atoms with Gasteiger partial charge in [-0.05, 0) is 31.0 Å². The number of benzene rings is 1. The minimum absolute atomic E-state index is 0.403. The van der Waals surface area contributed by atoms with Gasteiger partial charge in [-0.2, -0.15) is 0 Å². The molecule has 1 amide bonds. The Kier molecular flexibility index (Phi) is 5.16. The first kappa shape index (κ1) is 14.5. The van der Waals surface area contributed by atoms with Crippen molar-refractivity contribution in [1.82, 2.24) is 5.32 Å². The maximum absolute atomic E-state index is 12.0. The van der Waals surface area contributed by atoms with Crippen LogP contribution in [0.25, 0.3) is 0 Å². The molecule has 5 heteroatoms. The summed E-state index contributed by atoms with van der Waals surface area (Å²) in [4.78, 5) is 22.9. The number of nitrogens with one attached hydrogen (secondary N) is 1. The van der Waals surface area contributed by atoms with Crippen LogP contribution >= 0.6 is 11.6 Å². The fraction of sp³-hybridized carbons (Fsp3) is 0.385. The molecule has 0 spiro atoms. The van der Waals surface area contributed by atoms with E-state index in [4.69, 9.17) is 16.7 Å². The summed E-state index contributed by atoms with van der Waals surface area (Å²) in [5.74, 6) is -1.43. The van der Waals surface area contributed by atoms with E-state index >= 15 is 0 Å². The van der Waals surface area contributed by atoms with Crippen molar-refractivity contribution < 1.29 is 14.7 Å². The molecule has 0 aliphatic rings. The zero-order valence-electron chi connectivity index (χ0n) is 10.4. The van der Waals surface area contributed by atoms with Gasteiger partial charge in [-0.1, -0.05) is 31.0 Å². The molecule has 98 valence electrons. The number of hydrogen-bond donors (Lipinski definition) is 2. The van der Waals surface area contributed by atoms with E-state index in [9.17, 15) is 9.59 Å². The van der Waals surface area contributed by atoms with Gasteiger partial charge in [-0.15, -0.1) is 0 Å². The molecule has 0 aromatic heterocycles. The fourth-order valence-electron chi connectivity index (χ4n) is 1.64. The minimum atomic E-state index is -1.02. The monoisotopic (exact) mass is 269 g/mol. The Morgan fingerprint density at radius 1 is 1.44 bits per heavy atom. The SMILES string of the molecule is CCC[C@@H](NC(=O)c1cccc(Cl)c1C)C(=O)O. The number of rotatable bonds is 5. The second-order valence-corrected chi connectivity index (χ2v) is 4.47. The molecule has 1 atom stereocenters. The Morgan fingerprint density at radius 2 is 2.11 bits per heavy atom. The van der Waals surface area contributed by atoms with Gasteiger partial charge in [0, 0.05) is 10.6 Å². The predicted molar refractivity (Wildman–Crippen MR) is 70.0 cm³/mol. The number of aliphatic carboxylic acids is 1. The standard InChI is InChI=1S/C13H16ClNO3/c1-3-5-11(13(17)18)15-12(16)9-6-4-7-10(14)8(9)2/h4,6-7,11H,3,5H2,1-2H3,(H,15,16)(H,17,18)/t11-/m1/s1. The predicted octanol–water partition coefficient (Wildman–Crippen LogP) is 2.63. The topological polar surface area (TPSA) is 66.4 Å². The van der Waals surface area contributed by atoms with Crippen LogP contribution in [0.1, 0.15) is 35.7 Å². The molecule has 0 saturated carbocycles. The number of halogens is 1. The highest BCUT2D eigenvalue weighted by Crippen LogP contribution is 2.18. The second-order valence-electron chi connectivity index (χ2n) is 4.07. The van der Waals surface area contributed by atoms with Gasteiger partial charge in [0.1, 0.15) is 6.04 Å². The summed E-state index contributed by atoms with van der Waals surface area (Å²) >= 11 is 5.92. The quantitative estimate of drug-likeness (QED) is 0.863. The lowest BCUT2D eigenvalue weighted by Crippen LogP contribution is -2.40. The van der Waals surface area contributed by atoms with Gasteiger partial charge in [0.05, 0.1) is 0 Å². The first-order valence-electron chi connectivity index (χ1n) is 5.76. The van der Waals surface area contributed by atoms with Gasteiger partial charge in [-0.3, -0.25) is 4.79 Å². The van der Waals surface area contributed by atoms with Gasteiger partial charge >= 0.3 is 5.97 Å². The first-order valence-corrected chi connectivity index (χ1v) is 6.14. The minimum Gasteiger partial charge on any atom is -0.480 e. The largest absolute Gasteiger partial charge is 0.480 e. The average Bonchev–Trinajstić information content (AvgIpc) is 2.31. The number of hydrogen-bond acceptors (Lipinski definition) is 2. The Balaban J connectivity index is 2.87. The summed E-state index contributed by atoms with van der Waals surface area (Å²) in [5, 5.41) is 12.0. The highest BCUT2D eigenvalue weighted by molar-refractivity contribution is 6.31. The molecule has 0 fully saturated rings. The van der Waals surface area contributed by atoms with Crippen molar-refractivity contribution in [1.29, 1.82) is 0 Å². The third-order valence-corrected chi connectivity index (χ3v) is 3.10. The molecule has 1 rings (SSSR count). The van der Waals surface area contributed by atoms with Crippen LogP contribution < -0.4 is 5.32 Å². The Bertz CT molecular complexity index is 460. The molecule has 0 unspecified atom stereocenters. The van der Waals surface area contributed by atoms with Gasteiger partial charge in [-0.25, -0.2) is 4.79 Å². The van der Waals surface area contributed by atoms with Crippen LogP contribution in [-0.2, 0) is 4.79 Å². The van der Waals surface area contributed by atoms with Crippen LogP contribution in [0.15, 0.2) is 18.2 Å². The summed E-state index contributed by atoms with van der Waals surface area (Å²) in [7, 11) is 0. The van der Waals surface area contributed by atoms with E-state index in [1.165, 1.54) is 0 Å². The fourth-order valence-corrected chi connectivity index (χ4v) is 1.81. The molecule has 0 bridgehead atoms. The summed E-state index contributed by atoms with van der Waals surface area (Å²) in [6, 6.07) is 4.12. The van der Waals surface area contributed by atoms with Gasteiger partial charge in [0.15, 0.2) is 0 Å². The molecule has 0 heterocycles. The molecule has 2 N–H and O–H groups in total. The maximum Gasteiger partial charge on any atom is 0.326 e. The lowest BCUT2D eigenvalue weighted by molar-refractivity contribution is -0.139. The average molecular weight is 270 g/mol. The summed E-state index contributed by atoms with van der Waals surface area (Å²) in [6.45, 7) is 3.60. The lowest BCUT2D eigenvalue weighted by Gasteiger charge is -2.14. The smallest absolute Gasteiger partial charge is 0.326 e. The highest BCUT2D eigenvalue weighted by Gasteiger charge is 2.20. The molecular weight excluding hydrogens is 254 g/mol. The zero-order chi connectivity index (χ0) is 13.7. The van der Waals surface area contributed by atoms with E-state index < -0.39 is 17.9 Å². The van der Waals surface area contributed by atoms with Gasteiger partial charge < -0.3 is 10.4 Å². The van der Waals surface area contributed by atoms with E-state index in [1.807, 2.05) is 6.92 Å². The van der Waals surface area contributed by atoms with Crippen LogP contribution in [0.5, 0.6) is 0 Å². The van der Waals surface area contributed by atoms with Gasteiger partial charge in [0.25, 0.3) is 5.91 Å². The molecule has 18 heavy (non-hydrogen) atoms. The Morgan fingerprint density at radius 3 is 2.67 bits per heavy atom. The molecule has 4 nitrogen and oxygen atoms in total. The van der Waals surface area contributed by atoms with E-state index in [0.29, 0.717) is 29.0 Å². The molecule has 0 radical (unpaired) electrons. The number of carbonyl (C=O) groups is 2. The third kappa shape index (κ3) is 3.47. The summed E-state index contributed by atoms with van der Waals surface area (Å²) in [6.07, 6.45) is 1.09. The van der Waals surface area contributed by atoms with E-state index in [2.05, 4.69) is 5.32 Å². The van der Waals surface area contributed by atoms with Gasteiger partial charge in [0.2, 0.25) is 0 Å². The first-order chi connectivity index (χ1) is 8.47. The highest BCUT2D eigenvalue weighted by atomic mass is 35.5. The molecule has 0 aliphatic heterocycles. The van der Waals surface area contributed by atoms with Crippen molar-refractivity contribution in [3.05, 3.63) is 34.3 Å². The van der Waals surface area contributed by atoms with Crippen LogP contribution in [0.2, 0.25) is 5.02 Å².